The number of likely N-dealkylation sites (N-methyl/N-ethyl adjacent to an activating group) is 2. The summed E-state index contributed by atoms with van der Waals surface area (Å²) in [6.45, 7) is -0.343. The van der Waals surface area contributed by atoms with Gasteiger partial charge in [-0.05, 0) is 12.8 Å². The van der Waals surface area contributed by atoms with Gasteiger partial charge in [0, 0.05) is 14.1 Å². The molecule has 0 aromatic rings. The highest BCUT2D eigenvalue weighted by molar-refractivity contribution is 7.88. The van der Waals surface area contributed by atoms with E-state index in [1.54, 1.807) is 0 Å². The van der Waals surface area contributed by atoms with Gasteiger partial charge in [-0.3, -0.25) is 4.79 Å². The molecule has 1 aliphatic carbocycles. The predicted molar refractivity (Wildman–Crippen MR) is 73.7 cm³/mol. The summed E-state index contributed by atoms with van der Waals surface area (Å²) in [4.78, 5) is 24.9. The number of carbonyl (C=O) groups is 2. The number of rotatable bonds is 5. The number of carbonyl (C=O) groups excluding carboxylic acids is 1. The molecule has 1 saturated carbocycles. The van der Waals surface area contributed by atoms with Gasteiger partial charge < -0.3 is 10.0 Å². The van der Waals surface area contributed by atoms with Gasteiger partial charge in [0.2, 0.25) is 15.9 Å². The number of aliphatic carboxylic acids is 1. The Labute approximate surface area is 119 Å². The molecule has 7 nitrogen and oxygen atoms in total. The molecule has 0 aromatic heterocycles. The molecule has 20 heavy (non-hydrogen) atoms. The lowest BCUT2D eigenvalue weighted by molar-refractivity contribution is -0.160. The molecule has 0 radical (unpaired) electrons. The second-order valence-corrected chi connectivity index (χ2v) is 7.46. The Kier molecular flexibility index (Phi) is 5.15. The average molecular weight is 306 g/mol. The molecule has 1 amide bonds. The van der Waals surface area contributed by atoms with Crippen LogP contribution < -0.4 is 0 Å². The zero-order chi connectivity index (χ0) is 15.6. The van der Waals surface area contributed by atoms with Crippen LogP contribution in [0.3, 0.4) is 0 Å². The maximum absolute atomic E-state index is 12.2. The van der Waals surface area contributed by atoms with Gasteiger partial charge in [0.1, 0.15) is 5.54 Å². The van der Waals surface area contributed by atoms with Crippen molar-refractivity contribution in [1.29, 1.82) is 0 Å². The highest BCUT2D eigenvalue weighted by Gasteiger charge is 2.45. The van der Waals surface area contributed by atoms with E-state index in [-0.39, 0.29) is 6.54 Å². The fraction of sp³-hybridized carbons (Fsp3) is 0.833. The van der Waals surface area contributed by atoms with Gasteiger partial charge in [0.15, 0.2) is 0 Å². The third-order valence-corrected chi connectivity index (χ3v) is 5.28. The molecular weight excluding hydrogens is 284 g/mol. The normalized spacial score (nSPS) is 18.8. The van der Waals surface area contributed by atoms with Crippen molar-refractivity contribution < 1.29 is 23.1 Å². The summed E-state index contributed by atoms with van der Waals surface area (Å²) in [5.74, 6) is -1.52. The Morgan fingerprint density at radius 3 is 2.05 bits per heavy atom. The summed E-state index contributed by atoms with van der Waals surface area (Å²) in [5, 5.41) is 9.48. The highest BCUT2D eigenvalue weighted by Crippen LogP contribution is 2.33. The Hall–Kier alpha value is -1.15. The van der Waals surface area contributed by atoms with Crippen LogP contribution in [0, 0.1) is 0 Å². The van der Waals surface area contributed by atoms with Crippen LogP contribution in [0.5, 0.6) is 0 Å². The van der Waals surface area contributed by atoms with Gasteiger partial charge in [-0.1, -0.05) is 19.3 Å². The summed E-state index contributed by atoms with van der Waals surface area (Å²) in [7, 11) is -0.720. The van der Waals surface area contributed by atoms with Crippen LogP contribution in [-0.2, 0) is 19.6 Å². The highest BCUT2D eigenvalue weighted by atomic mass is 32.2. The van der Waals surface area contributed by atoms with Crippen molar-refractivity contribution in [3.63, 3.8) is 0 Å². The standard InChI is InChI=1S/C12H22N2O5S/c1-13(20(3,18)19)9-10(15)14(2)12(11(16)17)7-5-4-6-8-12/h4-9H2,1-3H3,(H,16,17). The zero-order valence-electron chi connectivity index (χ0n) is 12.1. The number of sulfonamides is 1. The Balaban J connectivity index is 2.88. The van der Waals surface area contributed by atoms with Crippen molar-refractivity contribution >= 4 is 21.9 Å². The number of nitrogens with zero attached hydrogens (tertiary/aromatic N) is 2. The first-order valence-corrected chi connectivity index (χ1v) is 8.37. The molecule has 0 unspecified atom stereocenters. The van der Waals surface area contributed by atoms with Crippen molar-refractivity contribution in [1.82, 2.24) is 9.21 Å². The Morgan fingerprint density at radius 1 is 1.15 bits per heavy atom. The Morgan fingerprint density at radius 2 is 1.65 bits per heavy atom. The van der Waals surface area contributed by atoms with Crippen molar-refractivity contribution in [3.05, 3.63) is 0 Å². The molecule has 1 rings (SSSR count). The molecule has 0 spiro atoms. The molecule has 0 aliphatic heterocycles. The SMILES string of the molecule is CN(C(=O)CN(C)S(C)(=O)=O)C1(C(=O)O)CCCCC1. The molecular formula is C12H22N2O5S. The van der Waals surface area contributed by atoms with E-state index < -0.39 is 27.4 Å². The van der Waals surface area contributed by atoms with E-state index in [0.717, 1.165) is 29.8 Å². The lowest BCUT2D eigenvalue weighted by Crippen LogP contribution is -2.58. The fourth-order valence-corrected chi connectivity index (χ4v) is 2.83. The third-order valence-electron chi connectivity index (χ3n) is 4.02. The van der Waals surface area contributed by atoms with E-state index in [1.807, 2.05) is 0 Å². The van der Waals surface area contributed by atoms with E-state index in [0.29, 0.717) is 12.8 Å². The van der Waals surface area contributed by atoms with Gasteiger partial charge in [0.05, 0.1) is 12.8 Å². The smallest absolute Gasteiger partial charge is 0.329 e. The van der Waals surface area contributed by atoms with Gasteiger partial charge in [-0.15, -0.1) is 0 Å². The number of amides is 1. The molecule has 0 aromatic carbocycles. The number of hydrogen-bond acceptors (Lipinski definition) is 4. The van der Waals surface area contributed by atoms with E-state index in [9.17, 15) is 23.1 Å². The van der Waals surface area contributed by atoms with Crippen LogP contribution in [0.1, 0.15) is 32.1 Å². The Bertz CT molecular complexity index is 482. The average Bonchev–Trinajstić information content (AvgIpc) is 2.37. The van der Waals surface area contributed by atoms with Crippen molar-refractivity contribution in [2.75, 3.05) is 26.9 Å². The minimum atomic E-state index is -3.46. The molecule has 0 bridgehead atoms. The van der Waals surface area contributed by atoms with Gasteiger partial charge in [0.25, 0.3) is 0 Å². The maximum atomic E-state index is 12.2. The van der Waals surface area contributed by atoms with Crippen molar-refractivity contribution in [2.45, 2.75) is 37.6 Å². The van der Waals surface area contributed by atoms with Crippen LogP contribution in [0.25, 0.3) is 0 Å². The summed E-state index contributed by atoms with van der Waals surface area (Å²) in [6, 6.07) is 0. The van der Waals surface area contributed by atoms with Crippen LogP contribution in [0.4, 0.5) is 0 Å². The van der Waals surface area contributed by atoms with E-state index in [1.165, 1.54) is 19.0 Å². The predicted octanol–water partition coefficient (Wildman–Crippen LogP) is 0.124. The molecule has 0 atom stereocenters. The molecule has 116 valence electrons. The zero-order valence-corrected chi connectivity index (χ0v) is 12.9. The fourth-order valence-electron chi connectivity index (χ4n) is 2.48. The quantitative estimate of drug-likeness (QED) is 0.778. The van der Waals surface area contributed by atoms with E-state index >= 15 is 0 Å². The first-order valence-electron chi connectivity index (χ1n) is 6.52. The van der Waals surface area contributed by atoms with Crippen molar-refractivity contribution in [3.8, 4) is 0 Å². The lowest BCUT2D eigenvalue weighted by atomic mass is 9.80. The molecule has 0 heterocycles. The number of hydrogen-bond donors (Lipinski definition) is 1. The van der Waals surface area contributed by atoms with E-state index in [4.69, 9.17) is 0 Å². The lowest BCUT2D eigenvalue weighted by Gasteiger charge is -2.41. The second-order valence-electron chi connectivity index (χ2n) is 5.37. The summed E-state index contributed by atoms with van der Waals surface area (Å²) < 4.78 is 23.6. The summed E-state index contributed by atoms with van der Waals surface area (Å²) >= 11 is 0. The monoisotopic (exact) mass is 306 g/mol. The maximum Gasteiger partial charge on any atom is 0.329 e. The minimum Gasteiger partial charge on any atom is -0.479 e. The van der Waals surface area contributed by atoms with Gasteiger partial charge in [-0.2, -0.15) is 4.31 Å². The van der Waals surface area contributed by atoms with E-state index in [2.05, 4.69) is 0 Å². The molecule has 1 N–H and O–H groups in total. The van der Waals surface area contributed by atoms with Crippen LogP contribution in [-0.4, -0.2) is 67.0 Å². The van der Waals surface area contributed by atoms with Gasteiger partial charge in [-0.25, -0.2) is 13.2 Å². The molecule has 8 heteroatoms. The third kappa shape index (κ3) is 3.49. The summed E-state index contributed by atoms with van der Waals surface area (Å²) in [6.07, 6.45) is 4.30. The minimum absolute atomic E-state index is 0.343. The van der Waals surface area contributed by atoms with Crippen LogP contribution in [0.2, 0.25) is 0 Å². The van der Waals surface area contributed by atoms with Crippen LogP contribution in [0.15, 0.2) is 0 Å². The first kappa shape index (κ1) is 16.9. The number of carboxylic acid groups (broad SMARTS) is 1. The van der Waals surface area contributed by atoms with Gasteiger partial charge >= 0.3 is 5.97 Å². The molecule has 1 fully saturated rings. The first-order chi connectivity index (χ1) is 9.11. The molecule has 0 saturated heterocycles. The molecule has 1 aliphatic rings. The summed E-state index contributed by atoms with van der Waals surface area (Å²) in [5.41, 5.74) is -1.20. The topological polar surface area (TPSA) is 95.0 Å². The second kappa shape index (κ2) is 6.09. The van der Waals surface area contributed by atoms with Crippen molar-refractivity contribution in [2.24, 2.45) is 0 Å². The van der Waals surface area contributed by atoms with Crippen LogP contribution >= 0.6 is 0 Å². The largest absolute Gasteiger partial charge is 0.479 e. The number of carboxylic acids is 1.